The highest BCUT2D eigenvalue weighted by Crippen LogP contribution is 2.40. The van der Waals surface area contributed by atoms with E-state index in [2.05, 4.69) is 34.9 Å². The maximum absolute atomic E-state index is 13.6. The maximum Gasteiger partial charge on any atom is 0.321 e. The van der Waals surface area contributed by atoms with Crippen LogP contribution in [0, 0.1) is 11.7 Å². The van der Waals surface area contributed by atoms with E-state index in [4.69, 9.17) is 0 Å². The molecule has 2 aliphatic rings. The molecule has 0 aromatic heterocycles. The zero-order valence-electron chi connectivity index (χ0n) is 14.0. The van der Waals surface area contributed by atoms with Gasteiger partial charge in [0.25, 0.3) is 0 Å². The highest BCUT2D eigenvalue weighted by Gasteiger charge is 2.39. The number of nitrogens with one attached hydrogen (secondary N) is 2. The third-order valence-corrected chi connectivity index (χ3v) is 5.05. The summed E-state index contributed by atoms with van der Waals surface area (Å²) in [5.74, 6) is 0.695. The number of nitrogens with zero attached hydrogens (tertiary/aromatic N) is 1. The van der Waals surface area contributed by atoms with E-state index in [0.717, 1.165) is 19.6 Å². The van der Waals surface area contributed by atoms with Gasteiger partial charge in [0.15, 0.2) is 0 Å². The Balaban J connectivity index is 1.18. The van der Waals surface area contributed by atoms with Crippen LogP contribution in [-0.4, -0.2) is 36.6 Å². The van der Waals surface area contributed by atoms with Crippen molar-refractivity contribution in [2.45, 2.75) is 18.4 Å². The number of urea groups is 1. The smallest absolute Gasteiger partial charge is 0.321 e. The Bertz CT molecular complexity index is 746. The standard InChI is InChI=1S/C20H22FN3O/c21-17-8-4-5-9-18(17)23-20(25)24-12-14(13-24)11-22-19-10-16(19)15-6-2-1-3-7-15/h1-9,14,16,19,22H,10-13H2,(H,23,25)/t16-,19+/m0/s1. The Morgan fingerprint density at radius 2 is 1.80 bits per heavy atom. The van der Waals surface area contributed by atoms with Crippen molar-refractivity contribution in [3.05, 3.63) is 66.0 Å². The van der Waals surface area contributed by atoms with Gasteiger partial charge in [-0.2, -0.15) is 0 Å². The average Bonchev–Trinajstić information content (AvgIpc) is 3.36. The van der Waals surface area contributed by atoms with Crippen molar-refractivity contribution in [2.24, 2.45) is 5.92 Å². The minimum atomic E-state index is -0.407. The Labute approximate surface area is 147 Å². The van der Waals surface area contributed by atoms with Gasteiger partial charge < -0.3 is 15.5 Å². The number of rotatable bonds is 5. The molecule has 1 heterocycles. The molecule has 2 fully saturated rings. The van der Waals surface area contributed by atoms with Crippen molar-refractivity contribution in [1.29, 1.82) is 0 Å². The first-order valence-electron chi connectivity index (χ1n) is 8.79. The monoisotopic (exact) mass is 339 g/mol. The second kappa shape index (κ2) is 6.84. The van der Waals surface area contributed by atoms with Crippen LogP contribution >= 0.6 is 0 Å². The highest BCUT2D eigenvalue weighted by molar-refractivity contribution is 5.89. The van der Waals surface area contributed by atoms with Crippen LogP contribution in [0.1, 0.15) is 17.9 Å². The van der Waals surface area contributed by atoms with E-state index in [1.54, 1.807) is 23.1 Å². The van der Waals surface area contributed by atoms with Gasteiger partial charge in [-0.15, -0.1) is 0 Å². The molecule has 5 heteroatoms. The lowest BCUT2D eigenvalue weighted by Crippen LogP contribution is -2.54. The minimum absolute atomic E-state index is 0.227. The molecule has 130 valence electrons. The molecule has 25 heavy (non-hydrogen) atoms. The summed E-state index contributed by atoms with van der Waals surface area (Å²) in [7, 11) is 0. The molecule has 1 aliphatic heterocycles. The van der Waals surface area contributed by atoms with Crippen LogP contribution in [-0.2, 0) is 0 Å². The number of benzene rings is 2. The molecule has 2 N–H and O–H groups in total. The molecule has 1 saturated heterocycles. The first-order chi connectivity index (χ1) is 12.2. The Kier molecular flexibility index (Phi) is 4.40. The summed E-state index contributed by atoms with van der Waals surface area (Å²) < 4.78 is 13.6. The molecule has 4 nitrogen and oxygen atoms in total. The van der Waals surface area contributed by atoms with Crippen molar-refractivity contribution in [2.75, 3.05) is 25.0 Å². The molecule has 0 bridgehead atoms. The molecular weight excluding hydrogens is 317 g/mol. The second-order valence-corrected chi connectivity index (χ2v) is 6.95. The number of para-hydroxylation sites is 1. The third-order valence-electron chi connectivity index (χ3n) is 5.05. The maximum atomic E-state index is 13.6. The topological polar surface area (TPSA) is 44.4 Å². The van der Waals surface area contributed by atoms with Crippen LogP contribution < -0.4 is 10.6 Å². The summed E-state index contributed by atoms with van der Waals surface area (Å²) in [4.78, 5) is 13.8. The van der Waals surface area contributed by atoms with Gasteiger partial charge in [-0.25, -0.2) is 9.18 Å². The average molecular weight is 339 g/mol. The van der Waals surface area contributed by atoms with Gasteiger partial charge >= 0.3 is 6.03 Å². The highest BCUT2D eigenvalue weighted by atomic mass is 19.1. The SMILES string of the molecule is O=C(Nc1ccccc1F)N1CC(CN[C@@H]2C[C@H]2c2ccccc2)C1. The molecule has 0 spiro atoms. The van der Waals surface area contributed by atoms with Gasteiger partial charge in [0.05, 0.1) is 5.69 Å². The van der Waals surface area contributed by atoms with E-state index in [0.29, 0.717) is 17.9 Å². The minimum Gasteiger partial charge on any atom is -0.324 e. The van der Waals surface area contributed by atoms with Gasteiger partial charge in [0, 0.05) is 37.5 Å². The predicted molar refractivity (Wildman–Crippen MR) is 96.1 cm³/mol. The van der Waals surface area contributed by atoms with Crippen molar-refractivity contribution in [1.82, 2.24) is 10.2 Å². The summed E-state index contributed by atoms with van der Waals surface area (Å²) in [5.41, 5.74) is 1.64. The molecule has 2 aromatic rings. The van der Waals surface area contributed by atoms with Crippen molar-refractivity contribution >= 4 is 11.7 Å². The normalized spacial score (nSPS) is 22.4. The lowest BCUT2D eigenvalue weighted by molar-refractivity contribution is 0.129. The van der Waals surface area contributed by atoms with Gasteiger partial charge in [0.2, 0.25) is 0 Å². The number of amides is 2. The van der Waals surface area contributed by atoms with Gasteiger partial charge in [-0.05, 0) is 24.1 Å². The first-order valence-corrected chi connectivity index (χ1v) is 8.79. The van der Waals surface area contributed by atoms with Crippen LogP contribution in [0.25, 0.3) is 0 Å². The van der Waals surface area contributed by atoms with E-state index in [1.807, 2.05) is 6.07 Å². The summed E-state index contributed by atoms with van der Waals surface area (Å²) >= 11 is 0. The molecular formula is C20H22FN3O. The molecule has 0 unspecified atom stereocenters. The third kappa shape index (κ3) is 3.66. The van der Waals surface area contributed by atoms with Crippen LogP contribution in [0.4, 0.5) is 14.9 Å². The van der Waals surface area contributed by atoms with E-state index in [1.165, 1.54) is 18.1 Å². The Hall–Kier alpha value is -2.40. The molecule has 0 radical (unpaired) electrons. The van der Waals surface area contributed by atoms with Gasteiger partial charge in [-0.3, -0.25) is 0 Å². The first kappa shape index (κ1) is 16.1. The fourth-order valence-corrected chi connectivity index (χ4v) is 3.43. The Morgan fingerprint density at radius 1 is 1.08 bits per heavy atom. The second-order valence-electron chi connectivity index (χ2n) is 6.95. The summed E-state index contributed by atoms with van der Waals surface area (Å²) in [6, 6.07) is 17.2. The molecule has 2 amide bonds. The number of hydrogen-bond donors (Lipinski definition) is 2. The molecule has 4 rings (SSSR count). The fraction of sp³-hybridized carbons (Fsp3) is 0.350. The van der Waals surface area contributed by atoms with E-state index < -0.39 is 5.82 Å². The summed E-state index contributed by atoms with van der Waals surface area (Å²) in [6.07, 6.45) is 1.19. The zero-order chi connectivity index (χ0) is 17.2. The molecule has 1 saturated carbocycles. The predicted octanol–water partition coefficient (Wildman–Crippen LogP) is 3.44. The van der Waals surface area contributed by atoms with Crippen molar-refractivity contribution in [3.63, 3.8) is 0 Å². The van der Waals surface area contributed by atoms with E-state index >= 15 is 0 Å². The van der Waals surface area contributed by atoms with Crippen molar-refractivity contribution in [3.8, 4) is 0 Å². The van der Waals surface area contributed by atoms with Crippen molar-refractivity contribution < 1.29 is 9.18 Å². The van der Waals surface area contributed by atoms with Crippen LogP contribution in [0.3, 0.4) is 0 Å². The number of carbonyl (C=O) groups is 1. The van der Waals surface area contributed by atoms with E-state index in [-0.39, 0.29) is 11.7 Å². The number of anilines is 1. The van der Waals surface area contributed by atoms with Crippen LogP contribution in [0.15, 0.2) is 54.6 Å². The lowest BCUT2D eigenvalue weighted by Gasteiger charge is -2.39. The van der Waals surface area contributed by atoms with Crippen LogP contribution in [0.5, 0.6) is 0 Å². The molecule has 2 atom stereocenters. The number of carbonyl (C=O) groups excluding carboxylic acids is 1. The largest absolute Gasteiger partial charge is 0.324 e. The van der Waals surface area contributed by atoms with Gasteiger partial charge in [0.1, 0.15) is 5.82 Å². The summed E-state index contributed by atoms with van der Waals surface area (Å²) in [6.45, 7) is 2.36. The molecule has 2 aromatic carbocycles. The lowest BCUT2D eigenvalue weighted by atomic mass is 10.0. The quantitative estimate of drug-likeness (QED) is 0.876. The summed E-state index contributed by atoms with van der Waals surface area (Å²) in [5, 5.41) is 6.24. The van der Waals surface area contributed by atoms with Gasteiger partial charge in [-0.1, -0.05) is 42.5 Å². The van der Waals surface area contributed by atoms with E-state index in [9.17, 15) is 9.18 Å². The fourth-order valence-electron chi connectivity index (χ4n) is 3.43. The Morgan fingerprint density at radius 3 is 2.56 bits per heavy atom. The molecule has 1 aliphatic carbocycles. The number of hydrogen-bond acceptors (Lipinski definition) is 2. The zero-order valence-corrected chi connectivity index (χ0v) is 14.0. The number of likely N-dealkylation sites (tertiary alicyclic amines) is 1. The van der Waals surface area contributed by atoms with Crippen LogP contribution in [0.2, 0.25) is 0 Å². The number of halogens is 1.